The van der Waals surface area contributed by atoms with Crippen molar-refractivity contribution in [3.63, 3.8) is 0 Å². The maximum atomic E-state index is 12.8. The summed E-state index contributed by atoms with van der Waals surface area (Å²) in [4.78, 5) is 19.6. The van der Waals surface area contributed by atoms with Crippen LogP contribution in [0.1, 0.15) is 57.3 Å². The Bertz CT molecular complexity index is 748. The van der Waals surface area contributed by atoms with Gasteiger partial charge in [0.2, 0.25) is 5.91 Å². The van der Waals surface area contributed by atoms with Crippen LogP contribution in [-0.4, -0.2) is 39.6 Å². The molecular formula is C20H27N3O2. The zero-order chi connectivity index (χ0) is 17.2. The zero-order valence-electron chi connectivity index (χ0n) is 15.0. The van der Waals surface area contributed by atoms with Crippen LogP contribution in [0.25, 0.3) is 11.0 Å². The van der Waals surface area contributed by atoms with E-state index in [9.17, 15) is 4.79 Å². The van der Waals surface area contributed by atoms with E-state index < -0.39 is 0 Å². The molecule has 1 saturated carbocycles. The normalized spacial score (nSPS) is 21.5. The molecule has 1 saturated heterocycles. The molecule has 1 unspecified atom stereocenters. The second kappa shape index (κ2) is 7.16. The van der Waals surface area contributed by atoms with Gasteiger partial charge in [-0.25, -0.2) is 4.98 Å². The fourth-order valence-corrected chi connectivity index (χ4v) is 4.34. The van der Waals surface area contributed by atoms with Crippen LogP contribution in [0.15, 0.2) is 24.3 Å². The summed E-state index contributed by atoms with van der Waals surface area (Å²) in [5.41, 5.74) is 2.17. The molecule has 0 bridgehead atoms. The molecule has 0 spiro atoms. The van der Waals surface area contributed by atoms with Crippen LogP contribution in [0, 0.1) is 0 Å². The Balaban J connectivity index is 1.53. The lowest BCUT2D eigenvalue weighted by atomic mass is 10.2. The molecule has 134 valence electrons. The molecule has 2 heterocycles. The van der Waals surface area contributed by atoms with Crippen LogP contribution in [0.4, 0.5) is 0 Å². The standard InChI is InChI=1S/C20H27N3O2/c1-2-22-17-11-6-5-10-16(17)21-20(22)18-12-7-13-23(18)19(24)14-25-15-8-3-4-9-15/h5-6,10-11,15,18H,2-4,7-9,12-14H2,1H3. The number of amides is 1. The van der Waals surface area contributed by atoms with Crippen molar-refractivity contribution in [3.05, 3.63) is 30.1 Å². The number of carbonyl (C=O) groups excluding carboxylic acids is 1. The molecule has 1 atom stereocenters. The van der Waals surface area contributed by atoms with Crippen molar-refractivity contribution in [3.8, 4) is 0 Å². The van der Waals surface area contributed by atoms with Crippen molar-refractivity contribution in [1.82, 2.24) is 14.5 Å². The molecule has 1 aromatic carbocycles. The predicted molar refractivity (Wildman–Crippen MR) is 97.3 cm³/mol. The molecule has 1 aromatic heterocycles. The number of aromatic nitrogens is 2. The third-order valence-electron chi connectivity index (χ3n) is 5.62. The number of rotatable bonds is 5. The summed E-state index contributed by atoms with van der Waals surface area (Å²) in [6.07, 6.45) is 6.96. The zero-order valence-corrected chi connectivity index (χ0v) is 15.0. The van der Waals surface area contributed by atoms with E-state index in [4.69, 9.17) is 9.72 Å². The lowest BCUT2D eigenvalue weighted by molar-refractivity contribution is -0.139. The number of nitrogens with zero attached hydrogens (tertiary/aromatic N) is 3. The Morgan fingerprint density at radius 3 is 2.80 bits per heavy atom. The van der Waals surface area contributed by atoms with Crippen LogP contribution in [-0.2, 0) is 16.1 Å². The minimum absolute atomic E-state index is 0.0760. The highest BCUT2D eigenvalue weighted by Gasteiger charge is 2.33. The van der Waals surface area contributed by atoms with Gasteiger partial charge in [0.05, 0.1) is 23.2 Å². The number of fused-ring (bicyclic) bond motifs is 1. The molecule has 5 nitrogen and oxygen atoms in total. The number of para-hydroxylation sites is 2. The average molecular weight is 341 g/mol. The summed E-state index contributed by atoms with van der Waals surface area (Å²) in [6, 6.07) is 8.31. The highest BCUT2D eigenvalue weighted by Crippen LogP contribution is 2.33. The van der Waals surface area contributed by atoms with Crippen LogP contribution < -0.4 is 0 Å². The van der Waals surface area contributed by atoms with Crippen molar-refractivity contribution in [2.45, 2.75) is 64.1 Å². The van der Waals surface area contributed by atoms with Gasteiger partial charge in [-0.2, -0.15) is 0 Å². The quantitative estimate of drug-likeness (QED) is 0.833. The molecule has 5 heteroatoms. The number of benzene rings is 1. The monoisotopic (exact) mass is 341 g/mol. The third-order valence-corrected chi connectivity index (χ3v) is 5.62. The number of likely N-dealkylation sites (tertiary alicyclic amines) is 1. The van der Waals surface area contributed by atoms with E-state index in [0.717, 1.165) is 55.6 Å². The van der Waals surface area contributed by atoms with Gasteiger partial charge in [0.1, 0.15) is 12.4 Å². The molecule has 4 rings (SSSR count). The first-order valence-electron chi connectivity index (χ1n) is 9.64. The van der Waals surface area contributed by atoms with Gasteiger partial charge in [0.25, 0.3) is 0 Å². The second-order valence-corrected chi connectivity index (χ2v) is 7.17. The average Bonchev–Trinajstić information content (AvgIpc) is 3.37. The summed E-state index contributed by atoms with van der Waals surface area (Å²) in [7, 11) is 0. The van der Waals surface area contributed by atoms with Gasteiger partial charge in [0, 0.05) is 13.1 Å². The van der Waals surface area contributed by atoms with Gasteiger partial charge >= 0.3 is 0 Å². The molecule has 0 N–H and O–H groups in total. The fourth-order valence-electron chi connectivity index (χ4n) is 4.34. The van der Waals surface area contributed by atoms with Gasteiger partial charge in [-0.3, -0.25) is 4.79 Å². The highest BCUT2D eigenvalue weighted by atomic mass is 16.5. The van der Waals surface area contributed by atoms with E-state index in [1.807, 2.05) is 17.0 Å². The van der Waals surface area contributed by atoms with Gasteiger partial charge in [-0.05, 0) is 44.7 Å². The molecule has 2 aliphatic rings. The minimum atomic E-state index is 0.0760. The lowest BCUT2D eigenvalue weighted by Crippen LogP contribution is -2.35. The fraction of sp³-hybridized carbons (Fsp3) is 0.600. The van der Waals surface area contributed by atoms with E-state index in [2.05, 4.69) is 23.6 Å². The Morgan fingerprint density at radius 1 is 1.20 bits per heavy atom. The lowest BCUT2D eigenvalue weighted by Gasteiger charge is -2.25. The van der Waals surface area contributed by atoms with E-state index in [1.165, 1.54) is 12.8 Å². The maximum absolute atomic E-state index is 12.8. The highest BCUT2D eigenvalue weighted by molar-refractivity contribution is 5.79. The van der Waals surface area contributed by atoms with Gasteiger partial charge in [-0.15, -0.1) is 0 Å². The largest absolute Gasteiger partial charge is 0.368 e. The van der Waals surface area contributed by atoms with Crippen LogP contribution >= 0.6 is 0 Å². The molecule has 2 aromatic rings. The summed E-state index contributed by atoms with van der Waals surface area (Å²) in [5, 5.41) is 0. The third kappa shape index (κ3) is 3.17. The SMILES string of the molecule is CCn1c(C2CCCN2C(=O)COC2CCCC2)nc2ccccc21. The van der Waals surface area contributed by atoms with Crippen LogP contribution in [0.2, 0.25) is 0 Å². The first kappa shape index (κ1) is 16.6. The first-order valence-corrected chi connectivity index (χ1v) is 9.64. The van der Waals surface area contributed by atoms with Crippen LogP contribution in [0.3, 0.4) is 0 Å². The van der Waals surface area contributed by atoms with Gasteiger partial charge in [-0.1, -0.05) is 25.0 Å². The summed E-state index contributed by atoms with van der Waals surface area (Å²) in [6.45, 7) is 4.03. The Labute approximate surface area is 149 Å². The van der Waals surface area contributed by atoms with E-state index >= 15 is 0 Å². The predicted octanol–water partition coefficient (Wildman–Crippen LogP) is 3.68. The number of hydrogen-bond donors (Lipinski definition) is 0. The summed E-state index contributed by atoms with van der Waals surface area (Å²) >= 11 is 0. The van der Waals surface area contributed by atoms with Crippen molar-refractivity contribution in [1.29, 1.82) is 0 Å². The maximum Gasteiger partial charge on any atom is 0.249 e. The van der Waals surface area contributed by atoms with E-state index in [1.54, 1.807) is 0 Å². The van der Waals surface area contributed by atoms with Crippen LogP contribution in [0.5, 0.6) is 0 Å². The summed E-state index contributed by atoms with van der Waals surface area (Å²) < 4.78 is 8.11. The number of ether oxygens (including phenoxy) is 1. The topological polar surface area (TPSA) is 47.4 Å². The van der Waals surface area contributed by atoms with Crippen molar-refractivity contribution in [2.24, 2.45) is 0 Å². The minimum Gasteiger partial charge on any atom is -0.368 e. The molecule has 0 radical (unpaired) electrons. The molecule has 1 aliphatic heterocycles. The first-order chi connectivity index (χ1) is 12.3. The number of imidazole rings is 1. The smallest absolute Gasteiger partial charge is 0.249 e. The van der Waals surface area contributed by atoms with E-state index in [0.29, 0.717) is 0 Å². The molecular weight excluding hydrogens is 314 g/mol. The number of hydrogen-bond acceptors (Lipinski definition) is 3. The number of aryl methyl sites for hydroxylation is 1. The van der Waals surface area contributed by atoms with Crippen molar-refractivity contribution >= 4 is 16.9 Å². The molecule has 2 fully saturated rings. The Kier molecular flexibility index (Phi) is 4.75. The van der Waals surface area contributed by atoms with E-state index in [-0.39, 0.29) is 24.7 Å². The summed E-state index contributed by atoms with van der Waals surface area (Å²) in [5.74, 6) is 1.14. The van der Waals surface area contributed by atoms with Crippen molar-refractivity contribution < 1.29 is 9.53 Å². The molecule has 1 amide bonds. The Hall–Kier alpha value is -1.88. The van der Waals surface area contributed by atoms with Gasteiger partial charge in [0.15, 0.2) is 0 Å². The molecule has 1 aliphatic carbocycles. The Morgan fingerprint density at radius 2 is 2.00 bits per heavy atom. The molecule has 25 heavy (non-hydrogen) atoms. The van der Waals surface area contributed by atoms with Gasteiger partial charge < -0.3 is 14.2 Å². The van der Waals surface area contributed by atoms with Crippen molar-refractivity contribution in [2.75, 3.05) is 13.2 Å². The second-order valence-electron chi connectivity index (χ2n) is 7.17. The number of carbonyl (C=O) groups is 1.